The van der Waals surface area contributed by atoms with Crippen molar-refractivity contribution >= 4 is 27.4 Å². The third-order valence-corrected chi connectivity index (χ3v) is 3.58. The van der Waals surface area contributed by atoms with Crippen LogP contribution in [-0.4, -0.2) is 36.9 Å². The number of hydrogen-bond acceptors (Lipinski definition) is 4. The number of amides is 1. The van der Waals surface area contributed by atoms with Gasteiger partial charge in [-0.15, -0.1) is 0 Å². The highest BCUT2D eigenvalue weighted by Gasteiger charge is 2.30. The van der Waals surface area contributed by atoms with Gasteiger partial charge in [0.2, 0.25) is 5.91 Å². The average Bonchev–Trinajstić information content (AvgIpc) is 2.25. The Labute approximate surface area is 117 Å². The van der Waals surface area contributed by atoms with E-state index in [9.17, 15) is 31.2 Å². The molecular formula is C11H10F3NO5S. The summed E-state index contributed by atoms with van der Waals surface area (Å²) >= 11 is 0. The smallest absolute Gasteiger partial charge is 0.416 e. The Morgan fingerprint density at radius 1 is 1.10 bits per heavy atom. The van der Waals surface area contributed by atoms with Crippen molar-refractivity contribution in [2.45, 2.75) is 6.18 Å². The lowest BCUT2D eigenvalue weighted by Crippen LogP contribution is -2.27. The Morgan fingerprint density at radius 2 is 1.62 bits per heavy atom. The van der Waals surface area contributed by atoms with E-state index >= 15 is 0 Å². The van der Waals surface area contributed by atoms with Crippen molar-refractivity contribution in [3.05, 3.63) is 29.8 Å². The first-order valence-corrected chi connectivity index (χ1v) is 7.21. The molecule has 1 aromatic rings. The van der Waals surface area contributed by atoms with Gasteiger partial charge in [-0.1, -0.05) is 0 Å². The Hall–Kier alpha value is -2.10. The van der Waals surface area contributed by atoms with Crippen LogP contribution in [0.5, 0.6) is 0 Å². The summed E-state index contributed by atoms with van der Waals surface area (Å²) in [4.78, 5) is 21.7. The van der Waals surface area contributed by atoms with Gasteiger partial charge in [0.1, 0.15) is 11.5 Å². The van der Waals surface area contributed by atoms with Gasteiger partial charge in [0, 0.05) is 5.69 Å². The molecule has 0 saturated heterocycles. The number of halogens is 3. The zero-order valence-corrected chi connectivity index (χ0v) is 11.2. The summed E-state index contributed by atoms with van der Waals surface area (Å²) in [6.45, 7) is 0. The molecule has 116 valence electrons. The van der Waals surface area contributed by atoms with Gasteiger partial charge in [0.15, 0.2) is 9.84 Å². The maximum Gasteiger partial charge on any atom is 0.416 e. The molecule has 1 aromatic carbocycles. The molecule has 0 atom stereocenters. The SMILES string of the molecule is O=C(O)CS(=O)(=O)CC(=O)Nc1ccc(C(F)(F)F)cc1. The number of rotatable bonds is 5. The highest BCUT2D eigenvalue weighted by atomic mass is 32.2. The van der Waals surface area contributed by atoms with Gasteiger partial charge >= 0.3 is 12.1 Å². The Morgan fingerprint density at radius 3 is 2.05 bits per heavy atom. The number of alkyl halides is 3. The maximum atomic E-state index is 12.3. The van der Waals surface area contributed by atoms with E-state index in [0.29, 0.717) is 0 Å². The van der Waals surface area contributed by atoms with Crippen LogP contribution in [0.4, 0.5) is 18.9 Å². The summed E-state index contributed by atoms with van der Waals surface area (Å²) in [5, 5.41) is 10.4. The molecule has 10 heteroatoms. The number of carbonyl (C=O) groups is 2. The number of carboxylic acid groups (broad SMARTS) is 1. The summed E-state index contributed by atoms with van der Waals surface area (Å²) in [6, 6.07) is 3.37. The quantitative estimate of drug-likeness (QED) is 0.845. The summed E-state index contributed by atoms with van der Waals surface area (Å²) < 4.78 is 59.4. The van der Waals surface area contributed by atoms with Crippen LogP contribution < -0.4 is 5.32 Å². The van der Waals surface area contributed by atoms with E-state index in [2.05, 4.69) is 5.32 Å². The fourth-order valence-electron chi connectivity index (χ4n) is 1.38. The number of aliphatic carboxylic acids is 1. The fraction of sp³-hybridized carbons (Fsp3) is 0.273. The van der Waals surface area contributed by atoms with Crippen LogP contribution in [0.2, 0.25) is 0 Å². The molecule has 0 aromatic heterocycles. The monoisotopic (exact) mass is 325 g/mol. The minimum Gasteiger partial charge on any atom is -0.480 e. The molecule has 0 bridgehead atoms. The van der Waals surface area contributed by atoms with Gasteiger partial charge < -0.3 is 10.4 Å². The highest BCUT2D eigenvalue weighted by Crippen LogP contribution is 2.29. The molecule has 1 amide bonds. The molecule has 6 nitrogen and oxygen atoms in total. The van der Waals surface area contributed by atoms with Crippen LogP contribution in [0.1, 0.15) is 5.56 Å². The van der Waals surface area contributed by atoms with Crippen LogP contribution in [0, 0.1) is 0 Å². The van der Waals surface area contributed by atoms with E-state index in [1.807, 2.05) is 0 Å². The van der Waals surface area contributed by atoms with Crippen LogP contribution in [0.3, 0.4) is 0 Å². The Bertz CT molecular complexity index is 637. The average molecular weight is 325 g/mol. The van der Waals surface area contributed by atoms with Gasteiger partial charge in [-0.3, -0.25) is 9.59 Å². The summed E-state index contributed by atoms with van der Waals surface area (Å²) in [7, 11) is -4.12. The summed E-state index contributed by atoms with van der Waals surface area (Å²) in [5.41, 5.74) is -0.947. The van der Waals surface area contributed by atoms with Crippen molar-refractivity contribution in [2.75, 3.05) is 16.8 Å². The number of nitrogens with one attached hydrogen (secondary N) is 1. The minimum atomic E-state index is -4.52. The van der Waals surface area contributed by atoms with Crippen LogP contribution in [0.15, 0.2) is 24.3 Å². The van der Waals surface area contributed by atoms with Crippen LogP contribution >= 0.6 is 0 Å². The van der Waals surface area contributed by atoms with Crippen molar-refractivity contribution in [1.29, 1.82) is 0 Å². The van der Waals surface area contributed by atoms with Crippen molar-refractivity contribution in [3.63, 3.8) is 0 Å². The molecule has 0 aliphatic carbocycles. The molecule has 0 radical (unpaired) electrons. The molecule has 0 unspecified atom stereocenters. The molecule has 0 fully saturated rings. The number of carbonyl (C=O) groups excluding carboxylic acids is 1. The lowest BCUT2D eigenvalue weighted by Gasteiger charge is -2.08. The third-order valence-electron chi connectivity index (χ3n) is 2.19. The van der Waals surface area contributed by atoms with Gasteiger partial charge in [-0.05, 0) is 24.3 Å². The first kappa shape index (κ1) is 17.0. The second-order valence-corrected chi connectivity index (χ2v) is 6.11. The van der Waals surface area contributed by atoms with Crippen LogP contribution in [-0.2, 0) is 25.6 Å². The van der Waals surface area contributed by atoms with Crippen molar-refractivity contribution in [1.82, 2.24) is 0 Å². The van der Waals surface area contributed by atoms with E-state index in [0.717, 1.165) is 24.3 Å². The molecule has 1 rings (SSSR count). The second kappa shape index (κ2) is 6.12. The Kier molecular flexibility index (Phi) is 4.94. The predicted octanol–water partition coefficient (Wildman–Crippen LogP) is 1.14. The predicted molar refractivity (Wildman–Crippen MR) is 66.4 cm³/mol. The molecule has 0 saturated carbocycles. The number of anilines is 1. The first-order chi connectivity index (χ1) is 9.49. The van der Waals surface area contributed by atoms with E-state index in [1.165, 1.54) is 0 Å². The molecule has 0 heterocycles. The number of sulfone groups is 1. The standard InChI is InChI=1S/C11H10F3NO5S/c12-11(13,14)7-1-3-8(4-2-7)15-9(16)5-21(19,20)6-10(17)18/h1-4H,5-6H2,(H,15,16)(H,17,18). The van der Waals surface area contributed by atoms with Gasteiger partial charge in [0.05, 0.1) is 5.56 Å². The van der Waals surface area contributed by atoms with Crippen LogP contribution in [0.25, 0.3) is 0 Å². The third kappa shape index (κ3) is 5.81. The van der Waals surface area contributed by atoms with E-state index < -0.39 is 45.0 Å². The molecule has 0 spiro atoms. The highest BCUT2D eigenvalue weighted by molar-refractivity contribution is 7.92. The fourth-order valence-corrected chi connectivity index (χ4v) is 2.33. The molecule has 0 aliphatic rings. The Balaban J connectivity index is 2.70. The maximum absolute atomic E-state index is 12.3. The van der Waals surface area contributed by atoms with E-state index in [-0.39, 0.29) is 5.69 Å². The van der Waals surface area contributed by atoms with E-state index in [1.54, 1.807) is 0 Å². The summed E-state index contributed by atoms with van der Waals surface area (Å²) in [6.07, 6.45) is -4.52. The van der Waals surface area contributed by atoms with E-state index in [4.69, 9.17) is 5.11 Å². The zero-order valence-electron chi connectivity index (χ0n) is 10.3. The number of benzene rings is 1. The molecular weight excluding hydrogens is 315 g/mol. The number of hydrogen-bond donors (Lipinski definition) is 2. The molecule has 2 N–H and O–H groups in total. The topological polar surface area (TPSA) is 101 Å². The minimum absolute atomic E-state index is 0.0291. The van der Waals surface area contributed by atoms with Gasteiger partial charge in [0.25, 0.3) is 0 Å². The lowest BCUT2D eigenvalue weighted by molar-refractivity contribution is -0.137. The second-order valence-electron chi connectivity index (χ2n) is 4.05. The first-order valence-electron chi connectivity index (χ1n) is 5.39. The molecule has 21 heavy (non-hydrogen) atoms. The van der Waals surface area contributed by atoms with Crippen molar-refractivity contribution < 1.29 is 36.3 Å². The summed E-state index contributed by atoms with van der Waals surface area (Å²) in [5.74, 6) is -4.90. The zero-order chi connectivity index (χ0) is 16.3. The normalized spacial score (nSPS) is 12.0. The lowest BCUT2D eigenvalue weighted by atomic mass is 10.2. The largest absolute Gasteiger partial charge is 0.480 e. The van der Waals surface area contributed by atoms with Crippen molar-refractivity contribution in [2.24, 2.45) is 0 Å². The molecule has 0 aliphatic heterocycles. The number of carboxylic acids is 1. The van der Waals surface area contributed by atoms with Crippen molar-refractivity contribution in [3.8, 4) is 0 Å². The van der Waals surface area contributed by atoms with Gasteiger partial charge in [-0.2, -0.15) is 13.2 Å². The van der Waals surface area contributed by atoms with Gasteiger partial charge in [-0.25, -0.2) is 8.42 Å².